The third-order valence-corrected chi connectivity index (χ3v) is 2.77. The summed E-state index contributed by atoms with van der Waals surface area (Å²) in [5.74, 6) is -0.534. The van der Waals surface area contributed by atoms with Gasteiger partial charge in [-0.25, -0.2) is 9.78 Å². The molecule has 1 saturated heterocycles. The first kappa shape index (κ1) is 15.2. The molecule has 0 unspecified atom stereocenters. The van der Waals surface area contributed by atoms with E-state index in [9.17, 15) is 14.0 Å². The van der Waals surface area contributed by atoms with Crippen molar-refractivity contribution in [3.8, 4) is 5.75 Å². The smallest absolute Gasteiger partial charge is 0.410 e. The van der Waals surface area contributed by atoms with Crippen LogP contribution in [0.4, 0.5) is 9.18 Å². The second-order valence-corrected chi connectivity index (χ2v) is 5.79. The highest BCUT2D eigenvalue weighted by atomic mass is 19.1. The minimum absolute atomic E-state index is 0.157. The molecule has 1 aliphatic rings. The van der Waals surface area contributed by atoms with Crippen LogP contribution in [-0.2, 0) is 4.74 Å². The second-order valence-electron chi connectivity index (χ2n) is 5.79. The van der Waals surface area contributed by atoms with Crippen LogP contribution >= 0.6 is 0 Å². The molecule has 1 aliphatic heterocycles. The number of nitrogens with zero attached hydrogens (tertiary/aromatic N) is 2. The van der Waals surface area contributed by atoms with Gasteiger partial charge < -0.3 is 14.4 Å². The van der Waals surface area contributed by atoms with E-state index in [4.69, 9.17) is 9.47 Å². The van der Waals surface area contributed by atoms with Gasteiger partial charge in [0.2, 0.25) is 5.95 Å². The van der Waals surface area contributed by atoms with E-state index in [1.54, 1.807) is 20.8 Å². The number of carbonyl (C=O) groups is 2. The van der Waals surface area contributed by atoms with Gasteiger partial charge >= 0.3 is 6.09 Å². The largest absolute Gasteiger partial charge is 0.485 e. The predicted octanol–water partition coefficient (Wildman–Crippen LogP) is 2.03. The number of rotatable bonds is 3. The molecule has 0 aliphatic carbocycles. The van der Waals surface area contributed by atoms with Crippen molar-refractivity contribution < 1.29 is 23.5 Å². The molecule has 0 saturated carbocycles. The van der Waals surface area contributed by atoms with Gasteiger partial charge in [0, 0.05) is 0 Å². The Morgan fingerprint density at radius 1 is 1.48 bits per heavy atom. The molecule has 0 radical (unpaired) electrons. The predicted molar refractivity (Wildman–Crippen MR) is 71.8 cm³/mol. The SMILES string of the molecule is CC(C)(C)OC(=O)N1CC(Oc2cnc(F)c(C=O)c2)C1. The van der Waals surface area contributed by atoms with Crippen molar-refractivity contribution in [3.05, 3.63) is 23.8 Å². The summed E-state index contributed by atoms with van der Waals surface area (Å²) >= 11 is 0. The number of likely N-dealkylation sites (tertiary alicyclic amines) is 1. The number of aromatic nitrogens is 1. The zero-order chi connectivity index (χ0) is 15.6. The van der Waals surface area contributed by atoms with Gasteiger partial charge in [-0.3, -0.25) is 4.79 Å². The van der Waals surface area contributed by atoms with E-state index in [-0.39, 0.29) is 11.7 Å². The van der Waals surface area contributed by atoms with Crippen molar-refractivity contribution >= 4 is 12.4 Å². The van der Waals surface area contributed by atoms with Crippen LogP contribution in [0.3, 0.4) is 0 Å². The van der Waals surface area contributed by atoms with Gasteiger partial charge in [0.1, 0.15) is 17.5 Å². The number of hydrogen-bond acceptors (Lipinski definition) is 5. The minimum atomic E-state index is -0.832. The molecule has 7 heteroatoms. The average Bonchev–Trinajstić information content (AvgIpc) is 2.32. The molecule has 2 heterocycles. The van der Waals surface area contributed by atoms with Crippen LogP contribution in [0.25, 0.3) is 0 Å². The maximum Gasteiger partial charge on any atom is 0.410 e. The van der Waals surface area contributed by atoms with E-state index >= 15 is 0 Å². The summed E-state index contributed by atoms with van der Waals surface area (Å²) in [6.07, 6.45) is 0.971. The van der Waals surface area contributed by atoms with Gasteiger partial charge in [-0.05, 0) is 26.8 Å². The lowest BCUT2D eigenvalue weighted by atomic mass is 10.1. The molecule has 0 bridgehead atoms. The van der Waals surface area contributed by atoms with E-state index in [1.165, 1.54) is 17.2 Å². The topological polar surface area (TPSA) is 68.7 Å². The lowest BCUT2D eigenvalue weighted by molar-refractivity contribution is -0.0222. The molecular formula is C14H17FN2O4. The van der Waals surface area contributed by atoms with E-state index in [0.717, 1.165) is 0 Å². The molecular weight excluding hydrogens is 279 g/mol. The fraction of sp³-hybridized carbons (Fsp3) is 0.500. The third-order valence-electron chi connectivity index (χ3n) is 2.77. The molecule has 6 nitrogen and oxygen atoms in total. The first-order valence-corrected chi connectivity index (χ1v) is 6.54. The van der Waals surface area contributed by atoms with Crippen LogP contribution in [0.5, 0.6) is 5.75 Å². The quantitative estimate of drug-likeness (QED) is 0.630. The van der Waals surface area contributed by atoms with Crippen LogP contribution in [0.15, 0.2) is 12.3 Å². The summed E-state index contributed by atoms with van der Waals surface area (Å²) in [4.78, 5) is 27.3. The van der Waals surface area contributed by atoms with Gasteiger partial charge in [0.15, 0.2) is 6.29 Å². The number of amides is 1. The highest BCUT2D eigenvalue weighted by molar-refractivity contribution is 5.75. The number of hydrogen-bond donors (Lipinski definition) is 0. The van der Waals surface area contributed by atoms with Crippen molar-refractivity contribution in [2.45, 2.75) is 32.5 Å². The van der Waals surface area contributed by atoms with Crippen LogP contribution in [0.2, 0.25) is 0 Å². The second kappa shape index (κ2) is 5.67. The highest BCUT2D eigenvalue weighted by Gasteiger charge is 2.35. The zero-order valence-electron chi connectivity index (χ0n) is 12.1. The van der Waals surface area contributed by atoms with Crippen LogP contribution in [-0.4, -0.2) is 47.1 Å². The summed E-state index contributed by atoms with van der Waals surface area (Å²) in [5, 5.41) is 0. The highest BCUT2D eigenvalue weighted by Crippen LogP contribution is 2.21. The number of pyridine rings is 1. The Balaban J connectivity index is 1.86. The molecule has 1 aromatic rings. The lowest BCUT2D eigenvalue weighted by Gasteiger charge is -2.39. The van der Waals surface area contributed by atoms with E-state index in [2.05, 4.69) is 4.98 Å². The molecule has 21 heavy (non-hydrogen) atoms. The Hall–Kier alpha value is -2.18. The number of halogens is 1. The van der Waals surface area contributed by atoms with Gasteiger partial charge in [0.05, 0.1) is 24.8 Å². The fourth-order valence-electron chi connectivity index (χ4n) is 1.77. The summed E-state index contributed by atoms with van der Waals surface area (Å²) in [5.41, 5.74) is -0.696. The lowest BCUT2D eigenvalue weighted by Crippen LogP contribution is -2.57. The Kier molecular flexibility index (Phi) is 4.11. The van der Waals surface area contributed by atoms with Gasteiger partial charge in [-0.1, -0.05) is 0 Å². The maximum absolute atomic E-state index is 13.1. The summed E-state index contributed by atoms with van der Waals surface area (Å²) in [7, 11) is 0. The molecule has 1 aromatic heterocycles. The Bertz CT molecular complexity index is 550. The van der Waals surface area contributed by atoms with E-state index < -0.39 is 17.6 Å². The number of aldehydes is 1. The third kappa shape index (κ3) is 3.90. The molecule has 2 rings (SSSR count). The molecule has 0 spiro atoms. The number of carbonyl (C=O) groups excluding carboxylic acids is 2. The maximum atomic E-state index is 13.1. The first-order valence-electron chi connectivity index (χ1n) is 6.54. The van der Waals surface area contributed by atoms with Crippen LogP contribution < -0.4 is 4.74 Å². The van der Waals surface area contributed by atoms with Crippen molar-refractivity contribution in [3.63, 3.8) is 0 Å². The number of ether oxygens (including phenoxy) is 2. The van der Waals surface area contributed by atoms with Crippen LogP contribution in [0.1, 0.15) is 31.1 Å². The molecule has 1 amide bonds. The fourth-order valence-corrected chi connectivity index (χ4v) is 1.77. The van der Waals surface area contributed by atoms with E-state index in [0.29, 0.717) is 25.1 Å². The Morgan fingerprint density at radius 2 is 2.14 bits per heavy atom. The normalized spacial score (nSPS) is 15.3. The molecule has 114 valence electrons. The monoisotopic (exact) mass is 296 g/mol. The minimum Gasteiger partial charge on any atom is -0.485 e. The van der Waals surface area contributed by atoms with Crippen LogP contribution in [0, 0.1) is 5.95 Å². The first-order chi connectivity index (χ1) is 9.78. The van der Waals surface area contributed by atoms with Gasteiger partial charge in [-0.2, -0.15) is 4.39 Å². The summed E-state index contributed by atoms with van der Waals surface area (Å²) in [6, 6.07) is 1.28. The Labute approximate surface area is 121 Å². The molecule has 0 aromatic carbocycles. The molecule has 1 fully saturated rings. The molecule has 0 N–H and O–H groups in total. The van der Waals surface area contributed by atoms with Crippen molar-refractivity contribution in [2.24, 2.45) is 0 Å². The molecule has 0 atom stereocenters. The van der Waals surface area contributed by atoms with Gasteiger partial charge in [0.25, 0.3) is 0 Å². The Morgan fingerprint density at radius 3 is 2.71 bits per heavy atom. The summed E-state index contributed by atoms with van der Waals surface area (Å²) < 4.78 is 23.8. The van der Waals surface area contributed by atoms with Crippen molar-refractivity contribution in [2.75, 3.05) is 13.1 Å². The van der Waals surface area contributed by atoms with Crippen molar-refractivity contribution in [1.82, 2.24) is 9.88 Å². The average molecular weight is 296 g/mol. The van der Waals surface area contributed by atoms with E-state index in [1.807, 2.05) is 0 Å². The standard InChI is InChI=1S/C14H17FN2O4/c1-14(2,3)21-13(19)17-6-11(7-17)20-10-4-9(8-18)12(15)16-5-10/h4-5,8,11H,6-7H2,1-3H3. The zero-order valence-corrected chi connectivity index (χ0v) is 12.1. The van der Waals surface area contributed by atoms with Gasteiger partial charge in [-0.15, -0.1) is 0 Å². The van der Waals surface area contributed by atoms with Crippen molar-refractivity contribution in [1.29, 1.82) is 0 Å². The summed E-state index contributed by atoms with van der Waals surface area (Å²) in [6.45, 7) is 6.14.